The minimum Gasteiger partial charge on any atom is -0.317 e. The molecular weight excluding hydrogens is 362 g/mol. The third-order valence-electron chi connectivity index (χ3n) is 4.94. The molecule has 28 heavy (non-hydrogen) atoms. The third-order valence-corrected chi connectivity index (χ3v) is 6.14. The highest BCUT2D eigenvalue weighted by Crippen LogP contribution is 2.31. The first-order chi connectivity index (χ1) is 13.9. The van der Waals surface area contributed by atoms with Crippen LogP contribution < -0.4 is 4.90 Å². The SMILES string of the molecule is C1=CC(SCc2ccnc3ccccc23)N(c2cc3ccccc3cn2)C=C1. The fraction of sp³-hybridized carbons (Fsp3) is 0.0833. The Balaban J connectivity index is 1.41. The summed E-state index contributed by atoms with van der Waals surface area (Å²) in [6.45, 7) is 0. The molecule has 1 aliphatic heterocycles. The average Bonchev–Trinajstić information content (AvgIpc) is 2.77. The van der Waals surface area contributed by atoms with Crippen LogP contribution in [0.5, 0.6) is 0 Å². The molecule has 0 saturated carbocycles. The fourth-order valence-corrected chi connectivity index (χ4v) is 4.63. The predicted octanol–water partition coefficient (Wildman–Crippen LogP) is 5.93. The zero-order valence-electron chi connectivity index (χ0n) is 15.3. The Bertz CT molecular complexity index is 1190. The maximum Gasteiger partial charge on any atom is 0.134 e. The van der Waals surface area contributed by atoms with E-state index in [2.05, 4.69) is 82.8 Å². The number of thioether (sulfide) groups is 1. The summed E-state index contributed by atoms with van der Waals surface area (Å²) >= 11 is 1.89. The molecule has 4 aromatic rings. The Kier molecular flexibility index (Phi) is 4.55. The summed E-state index contributed by atoms with van der Waals surface area (Å²) in [6.07, 6.45) is 12.4. The van der Waals surface area contributed by atoms with Gasteiger partial charge in [0.1, 0.15) is 5.82 Å². The summed E-state index contributed by atoms with van der Waals surface area (Å²) in [6, 6.07) is 21.0. The van der Waals surface area contributed by atoms with Gasteiger partial charge >= 0.3 is 0 Å². The molecule has 3 heterocycles. The van der Waals surface area contributed by atoms with Crippen LogP contribution in [-0.4, -0.2) is 15.3 Å². The lowest BCUT2D eigenvalue weighted by atomic mass is 10.1. The van der Waals surface area contributed by atoms with E-state index in [0.29, 0.717) is 0 Å². The van der Waals surface area contributed by atoms with E-state index < -0.39 is 0 Å². The molecule has 0 radical (unpaired) electrons. The van der Waals surface area contributed by atoms with E-state index in [9.17, 15) is 0 Å². The van der Waals surface area contributed by atoms with Gasteiger partial charge in [0.25, 0.3) is 0 Å². The Morgan fingerprint density at radius 3 is 2.71 bits per heavy atom. The van der Waals surface area contributed by atoms with E-state index in [-0.39, 0.29) is 5.37 Å². The number of aromatic nitrogens is 2. The standard InChI is InChI=1S/C24H19N3S/c1-2-8-19-16-26-23(15-18(19)7-1)27-14-6-5-11-24(27)28-17-20-12-13-25-22-10-4-3-9-21(20)22/h1-16,24H,17H2. The Labute approximate surface area is 168 Å². The number of hydrogen-bond donors (Lipinski definition) is 0. The van der Waals surface area contributed by atoms with Crippen molar-refractivity contribution < 1.29 is 0 Å². The molecule has 0 aliphatic carbocycles. The molecule has 2 aromatic carbocycles. The lowest BCUT2D eigenvalue weighted by Gasteiger charge is -2.29. The van der Waals surface area contributed by atoms with Crippen molar-refractivity contribution in [2.45, 2.75) is 11.1 Å². The van der Waals surface area contributed by atoms with Gasteiger partial charge < -0.3 is 4.90 Å². The highest BCUT2D eigenvalue weighted by atomic mass is 32.2. The van der Waals surface area contributed by atoms with Crippen LogP contribution in [0.15, 0.2) is 97.5 Å². The van der Waals surface area contributed by atoms with Gasteiger partial charge in [-0.2, -0.15) is 0 Å². The predicted molar refractivity (Wildman–Crippen MR) is 119 cm³/mol. The molecule has 1 atom stereocenters. The number of rotatable bonds is 4. The van der Waals surface area contributed by atoms with Gasteiger partial charge in [0.15, 0.2) is 0 Å². The second-order valence-electron chi connectivity index (χ2n) is 6.71. The van der Waals surface area contributed by atoms with Crippen molar-refractivity contribution in [1.82, 2.24) is 9.97 Å². The van der Waals surface area contributed by atoms with Crippen LogP contribution in [-0.2, 0) is 5.75 Å². The number of nitrogens with zero attached hydrogens (tertiary/aromatic N) is 3. The summed E-state index contributed by atoms with van der Waals surface area (Å²) in [5, 5.41) is 3.79. The second-order valence-corrected chi connectivity index (χ2v) is 7.82. The van der Waals surface area contributed by atoms with Crippen LogP contribution in [0.2, 0.25) is 0 Å². The summed E-state index contributed by atoms with van der Waals surface area (Å²) in [7, 11) is 0. The highest BCUT2D eigenvalue weighted by Gasteiger charge is 2.18. The maximum atomic E-state index is 4.70. The quantitative estimate of drug-likeness (QED) is 0.438. The number of benzene rings is 2. The second kappa shape index (κ2) is 7.49. The molecule has 1 unspecified atom stereocenters. The smallest absolute Gasteiger partial charge is 0.134 e. The summed E-state index contributed by atoms with van der Waals surface area (Å²) in [5.74, 6) is 1.88. The summed E-state index contributed by atoms with van der Waals surface area (Å²) in [4.78, 5) is 11.4. The molecule has 0 amide bonds. The summed E-state index contributed by atoms with van der Waals surface area (Å²) < 4.78 is 0. The lowest BCUT2D eigenvalue weighted by molar-refractivity contribution is 0.981. The first-order valence-corrected chi connectivity index (χ1v) is 10.4. The molecule has 1 aliphatic rings. The minimum absolute atomic E-state index is 0.200. The Morgan fingerprint density at radius 2 is 1.75 bits per heavy atom. The van der Waals surface area contributed by atoms with E-state index in [1.165, 1.54) is 16.3 Å². The van der Waals surface area contributed by atoms with Gasteiger partial charge in [-0.05, 0) is 35.2 Å². The van der Waals surface area contributed by atoms with Crippen molar-refractivity contribution in [3.05, 3.63) is 103 Å². The molecule has 0 fully saturated rings. The van der Waals surface area contributed by atoms with E-state index in [4.69, 9.17) is 4.98 Å². The van der Waals surface area contributed by atoms with E-state index in [1.54, 1.807) is 0 Å². The van der Waals surface area contributed by atoms with E-state index >= 15 is 0 Å². The fourth-order valence-electron chi connectivity index (χ4n) is 3.49. The van der Waals surface area contributed by atoms with Gasteiger partial charge in [0.05, 0.1) is 10.9 Å². The first-order valence-electron chi connectivity index (χ1n) is 9.31. The topological polar surface area (TPSA) is 29.0 Å². The van der Waals surface area contributed by atoms with Crippen molar-refractivity contribution in [2.75, 3.05) is 4.90 Å². The van der Waals surface area contributed by atoms with Crippen molar-refractivity contribution in [2.24, 2.45) is 0 Å². The molecule has 3 nitrogen and oxygen atoms in total. The number of pyridine rings is 2. The number of anilines is 1. The largest absolute Gasteiger partial charge is 0.317 e. The first kappa shape index (κ1) is 17.0. The molecule has 0 saturated heterocycles. The number of hydrogen-bond acceptors (Lipinski definition) is 4. The Hall–Kier alpha value is -3.11. The van der Waals surface area contributed by atoms with Crippen LogP contribution in [0.4, 0.5) is 5.82 Å². The minimum atomic E-state index is 0.200. The maximum absolute atomic E-state index is 4.70. The molecular formula is C24H19N3S. The van der Waals surface area contributed by atoms with Crippen molar-refractivity contribution in [3.63, 3.8) is 0 Å². The molecule has 0 N–H and O–H groups in total. The molecule has 4 heteroatoms. The zero-order chi connectivity index (χ0) is 18.8. The number of fused-ring (bicyclic) bond motifs is 2. The molecule has 0 bridgehead atoms. The van der Waals surface area contributed by atoms with Gasteiger partial charge in [-0.15, -0.1) is 11.8 Å². The van der Waals surface area contributed by atoms with Gasteiger partial charge in [-0.1, -0.05) is 54.6 Å². The molecule has 0 spiro atoms. The van der Waals surface area contributed by atoms with Gasteiger partial charge in [0.2, 0.25) is 0 Å². The molecule has 5 rings (SSSR count). The lowest BCUT2D eigenvalue weighted by Crippen LogP contribution is -2.28. The molecule has 2 aromatic heterocycles. The van der Waals surface area contributed by atoms with Crippen molar-refractivity contribution in [1.29, 1.82) is 0 Å². The summed E-state index contributed by atoms with van der Waals surface area (Å²) in [5.41, 5.74) is 2.36. The number of para-hydroxylation sites is 1. The van der Waals surface area contributed by atoms with Crippen LogP contribution in [0.25, 0.3) is 21.7 Å². The van der Waals surface area contributed by atoms with Crippen LogP contribution >= 0.6 is 11.8 Å². The molecule has 136 valence electrons. The average molecular weight is 382 g/mol. The monoisotopic (exact) mass is 381 g/mol. The van der Waals surface area contributed by atoms with Crippen LogP contribution in [0.3, 0.4) is 0 Å². The van der Waals surface area contributed by atoms with Gasteiger partial charge in [0, 0.05) is 35.1 Å². The highest BCUT2D eigenvalue weighted by molar-refractivity contribution is 7.99. The van der Waals surface area contributed by atoms with Crippen molar-refractivity contribution >= 4 is 39.3 Å². The van der Waals surface area contributed by atoms with Crippen LogP contribution in [0.1, 0.15) is 5.56 Å². The third kappa shape index (κ3) is 3.27. The van der Waals surface area contributed by atoms with Gasteiger partial charge in [-0.3, -0.25) is 4.98 Å². The number of allylic oxidation sites excluding steroid dienone is 2. The zero-order valence-corrected chi connectivity index (χ0v) is 16.1. The normalized spacial score (nSPS) is 16.1. The van der Waals surface area contributed by atoms with E-state index in [0.717, 1.165) is 22.5 Å². The van der Waals surface area contributed by atoms with Crippen LogP contribution in [0, 0.1) is 0 Å². The van der Waals surface area contributed by atoms with Gasteiger partial charge in [-0.25, -0.2) is 4.98 Å². The Morgan fingerprint density at radius 1 is 0.893 bits per heavy atom. The van der Waals surface area contributed by atoms with E-state index in [1.807, 2.05) is 36.3 Å². The van der Waals surface area contributed by atoms with Crippen molar-refractivity contribution in [3.8, 4) is 0 Å².